The van der Waals surface area contributed by atoms with Gasteiger partial charge in [-0.1, -0.05) is 35.9 Å². The summed E-state index contributed by atoms with van der Waals surface area (Å²) in [5, 5.41) is 2.68. The van der Waals surface area contributed by atoms with E-state index in [4.69, 9.17) is 11.6 Å². The largest absolute Gasteiger partial charge is 0.295 e. The lowest BCUT2D eigenvalue weighted by Crippen LogP contribution is -1.90. The molecule has 0 aliphatic heterocycles. The van der Waals surface area contributed by atoms with Crippen LogP contribution in [0.5, 0.6) is 0 Å². The van der Waals surface area contributed by atoms with Gasteiger partial charge in [0.2, 0.25) is 0 Å². The normalized spacial score (nSPS) is 10.4. The van der Waals surface area contributed by atoms with Gasteiger partial charge in [-0.25, -0.2) is 0 Å². The minimum absolute atomic E-state index is 0.0619. The molecule has 2 rings (SSSR count). The first-order chi connectivity index (χ1) is 6.68. The Morgan fingerprint density at radius 1 is 1.21 bits per heavy atom. The van der Waals surface area contributed by atoms with Crippen molar-refractivity contribution in [2.45, 2.75) is 6.92 Å². The Balaban J connectivity index is 2.76. The van der Waals surface area contributed by atoms with Crippen molar-refractivity contribution in [3.8, 4) is 0 Å². The summed E-state index contributed by atoms with van der Waals surface area (Å²) < 4.78 is 0. The third kappa shape index (κ3) is 1.51. The number of rotatable bonds is 1. The first-order valence-electron chi connectivity index (χ1n) is 4.38. The first-order valence-corrected chi connectivity index (χ1v) is 4.75. The minimum atomic E-state index is 0.0619. The molecule has 0 aliphatic carbocycles. The zero-order valence-corrected chi connectivity index (χ0v) is 8.51. The number of carbonyl (C=O) groups is 1. The average Bonchev–Trinajstić information content (AvgIpc) is 2.18. The number of halogens is 1. The van der Waals surface area contributed by atoms with E-state index in [1.54, 1.807) is 6.92 Å². The highest BCUT2D eigenvalue weighted by molar-refractivity contribution is 6.35. The van der Waals surface area contributed by atoms with Crippen molar-refractivity contribution >= 4 is 28.2 Å². The Labute approximate surface area is 87.3 Å². The molecule has 14 heavy (non-hydrogen) atoms. The van der Waals surface area contributed by atoms with Gasteiger partial charge < -0.3 is 0 Å². The molecule has 1 nitrogen and oxygen atoms in total. The van der Waals surface area contributed by atoms with E-state index in [1.165, 1.54) is 0 Å². The van der Waals surface area contributed by atoms with Crippen molar-refractivity contribution in [1.29, 1.82) is 0 Å². The molecule has 0 heterocycles. The Kier molecular flexibility index (Phi) is 2.26. The van der Waals surface area contributed by atoms with Crippen molar-refractivity contribution in [1.82, 2.24) is 0 Å². The van der Waals surface area contributed by atoms with Gasteiger partial charge in [-0.2, -0.15) is 0 Å². The van der Waals surface area contributed by atoms with Crippen LogP contribution in [0, 0.1) is 0 Å². The van der Waals surface area contributed by atoms with Crippen LogP contribution in [0.1, 0.15) is 17.3 Å². The molecule has 0 fully saturated rings. The Bertz CT molecular complexity index is 503. The van der Waals surface area contributed by atoms with E-state index in [9.17, 15) is 4.79 Å². The van der Waals surface area contributed by atoms with Gasteiger partial charge in [-0.15, -0.1) is 0 Å². The zero-order chi connectivity index (χ0) is 10.1. The van der Waals surface area contributed by atoms with Crippen LogP contribution in [-0.4, -0.2) is 5.78 Å². The van der Waals surface area contributed by atoms with Crippen molar-refractivity contribution in [2.24, 2.45) is 0 Å². The number of hydrogen-bond acceptors (Lipinski definition) is 1. The summed E-state index contributed by atoms with van der Waals surface area (Å²) in [6, 6.07) is 11.3. The average molecular weight is 205 g/mol. The first kappa shape index (κ1) is 9.22. The molecule has 0 saturated carbocycles. The molecule has 0 saturated heterocycles. The molecule has 2 aromatic rings. The summed E-state index contributed by atoms with van der Waals surface area (Å²) >= 11 is 6.02. The molecule has 2 heteroatoms. The fourth-order valence-corrected chi connectivity index (χ4v) is 1.69. The lowest BCUT2D eigenvalue weighted by atomic mass is 10.1. The molecule has 0 atom stereocenters. The maximum Gasteiger partial charge on any atom is 0.159 e. The topological polar surface area (TPSA) is 17.1 Å². The highest BCUT2D eigenvalue weighted by atomic mass is 35.5. The van der Waals surface area contributed by atoms with E-state index in [1.807, 2.05) is 36.4 Å². The van der Waals surface area contributed by atoms with Crippen LogP contribution in [0.3, 0.4) is 0 Å². The third-order valence-electron chi connectivity index (χ3n) is 2.24. The second-order valence-electron chi connectivity index (χ2n) is 3.23. The van der Waals surface area contributed by atoms with Gasteiger partial charge in [0, 0.05) is 16.0 Å². The number of carbonyl (C=O) groups excluding carboxylic acids is 1. The Morgan fingerprint density at radius 2 is 2.00 bits per heavy atom. The van der Waals surface area contributed by atoms with Crippen molar-refractivity contribution in [2.75, 3.05) is 0 Å². The third-order valence-corrected chi connectivity index (χ3v) is 2.57. The maximum absolute atomic E-state index is 11.2. The lowest BCUT2D eigenvalue weighted by molar-refractivity contribution is 0.101. The molecular weight excluding hydrogens is 196 g/mol. The molecule has 70 valence electrons. The van der Waals surface area contributed by atoms with Gasteiger partial charge in [0.1, 0.15) is 0 Å². The molecule has 0 aromatic heterocycles. The standard InChI is InChI=1S/C12H9ClO/c1-8(14)10-6-5-9-3-2-4-12(13)11(9)7-10/h2-7H,1H3. The number of ketones is 1. The van der Waals surface area contributed by atoms with E-state index in [0.29, 0.717) is 10.6 Å². The number of Topliss-reactive ketones (excluding diaryl/α,β-unsaturated/α-hetero) is 1. The second-order valence-corrected chi connectivity index (χ2v) is 3.64. The van der Waals surface area contributed by atoms with Crippen LogP contribution < -0.4 is 0 Å². The minimum Gasteiger partial charge on any atom is -0.295 e. The molecule has 2 aromatic carbocycles. The fraction of sp³-hybridized carbons (Fsp3) is 0.0833. The zero-order valence-electron chi connectivity index (χ0n) is 7.75. The fourth-order valence-electron chi connectivity index (χ4n) is 1.45. The van der Waals surface area contributed by atoms with Crippen LogP contribution in [0.15, 0.2) is 36.4 Å². The van der Waals surface area contributed by atoms with Crippen LogP contribution in [-0.2, 0) is 0 Å². The summed E-state index contributed by atoms with van der Waals surface area (Å²) in [6.07, 6.45) is 0. The molecule has 0 spiro atoms. The number of benzene rings is 2. The molecule has 0 radical (unpaired) electrons. The molecule has 0 unspecified atom stereocenters. The molecule has 0 aliphatic rings. The van der Waals surface area contributed by atoms with Crippen LogP contribution in [0.25, 0.3) is 10.8 Å². The highest BCUT2D eigenvalue weighted by Crippen LogP contribution is 2.24. The second kappa shape index (κ2) is 3.43. The van der Waals surface area contributed by atoms with Crippen LogP contribution in [0.2, 0.25) is 5.02 Å². The van der Waals surface area contributed by atoms with E-state index in [2.05, 4.69) is 0 Å². The van der Waals surface area contributed by atoms with Crippen molar-refractivity contribution < 1.29 is 4.79 Å². The summed E-state index contributed by atoms with van der Waals surface area (Å²) in [4.78, 5) is 11.2. The summed E-state index contributed by atoms with van der Waals surface area (Å²) in [6.45, 7) is 1.55. The Hall–Kier alpha value is -1.34. The van der Waals surface area contributed by atoms with Gasteiger partial charge in [-0.05, 0) is 24.4 Å². The smallest absolute Gasteiger partial charge is 0.159 e. The monoisotopic (exact) mass is 204 g/mol. The Morgan fingerprint density at radius 3 is 2.71 bits per heavy atom. The summed E-state index contributed by atoms with van der Waals surface area (Å²) in [5.41, 5.74) is 0.700. The lowest BCUT2D eigenvalue weighted by Gasteiger charge is -2.01. The van der Waals surface area contributed by atoms with E-state index in [0.717, 1.165) is 10.8 Å². The molecular formula is C12H9ClO. The summed E-state index contributed by atoms with van der Waals surface area (Å²) in [5.74, 6) is 0.0619. The molecule has 0 N–H and O–H groups in total. The van der Waals surface area contributed by atoms with Gasteiger partial charge in [0.25, 0.3) is 0 Å². The van der Waals surface area contributed by atoms with Crippen molar-refractivity contribution in [3.63, 3.8) is 0 Å². The van der Waals surface area contributed by atoms with E-state index in [-0.39, 0.29) is 5.78 Å². The van der Waals surface area contributed by atoms with Gasteiger partial charge in [0.05, 0.1) is 0 Å². The highest BCUT2D eigenvalue weighted by Gasteiger charge is 2.02. The maximum atomic E-state index is 11.2. The van der Waals surface area contributed by atoms with Gasteiger partial charge in [-0.3, -0.25) is 4.79 Å². The van der Waals surface area contributed by atoms with Crippen molar-refractivity contribution in [3.05, 3.63) is 47.0 Å². The van der Waals surface area contributed by atoms with E-state index >= 15 is 0 Å². The van der Waals surface area contributed by atoms with Crippen LogP contribution in [0.4, 0.5) is 0 Å². The quantitative estimate of drug-likeness (QED) is 0.648. The number of fused-ring (bicyclic) bond motifs is 1. The van der Waals surface area contributed by atoms with Gasteiger partial charge >= 0.3 is 0 Å². The SMILES string of the molecule is CC(=O)c1ccc2cccc(Cl)c2c1. The summed E-state index contributed by atoms with van der Waals surface area (Å²) in [7, 11) is 0. The molecule has 0 bridgehead atoms. The number of hydrogen-bond donors (Lipinski definition) is 0. The molecule has 0 amide bonds. The van der Waals surface area contributed by atoms with Gasteiger partial charge in [0.15, 0.2) is 5.78 Å². The van der Waals surface area contributed by atoms with E-state index < -0.39 is 0 Å². The van der Waals surface area contributed by atoms with Crippen LogP contribution >= 0.6 is 11.6 Å². The predicted octanol–water partition coefficient (Wildman–Crippen LogP) is 3.70. The predicted molar refractivity (Wildman–Crippen MR) is 59.0 cm³/mol.